The number of aromatic amines is 1. The van der Waals surface area contributed by atoms with E-state index in [2.05, 4.69) is 15.4 Å². The average molecular weight is 534 g/mol. The van der Waals surface area contributed by atoms with E-state index in [4.69, 9.17) is 5.84 Å². The summed E-state index contributed by atoms with van der Waals surface area (Å²) < 4.78 is 0. The monoisotopic (exact) mass is 533 g/mol. The van der Waals surface area contributed by atoms with E-state index in [9.17, 15) is 19.6 Å². The second kappa shape index (κ2) is 15.3. The molecule has 0 saturated carbocycles. The number of carbonyl (C=O) groups is 3. The number of aryl methyl sites for hydroxylation is 1. The first-order valence-corrected chi connectivity index (χ1v) is 12.3. The van der Waals surface area contributed by atoms with Crippen LogP contribution in [0.1, 0.15) is 58.2 Å². The minimum Gasteiger partial charge on any atom is -0.351 e. The van der Waals surface area contributed by atoms with Crippen LogP contribution < -0.4 is 16.7 Å². The molecule has 0 bridgehead atoms. The number of carbonyl (C=O) groups excluding carboxylic acids is 3. The van der Waals surface area contributed by atoms with Gasteiger partial charge in [0.05, 0.1) is 29.3 Å². The lowest BCUT2D eigenvalue weighted by Crippen LogP contribution is -2.54. The molecule has 0 aliphatic rings. The van der Waals surface area contributed by atoms with Gasteiger partial charge in [-0.15, -0.1) is 12.4 Å². The van der Waals surface area contributed by atoms with Crippen LogP contribution in [-0.4, -0.2) is 32.8 Å². The number of nitrogens with two attached hydrogens (primary N) is 1. The van der Waals surface area contributed by atoms with Crippen molar-refractivity contribution in [2.24, 2.45) is 34.9 Å². The van der Waals surface area contributed by atoms with Gasteiger partial charge in [-0.25, -0.2) is 16.3 Å². The third kappa shape index (κ3) is 8.80. The van der Waals surface area contributed by atoms with Crippen LogP contribution in [0.4, 0.5) is 0 Å². The van der Waals surface area contributed by atoms with Crippen molar-refractivity contribution in [1.29, 1.82) is 0 Å². The van der Waals surface area contributed by atoms with Gasteiger partial charge < -0.3 is 4.98 Å². The Labute approximate surface area is 225 Å². The molecular formula is C27H40ClN5O4. The Bertz CT molecular complexity index is 1010. The number of hydrogen-bond acceptors (Lipinski definition) is 6. The zero-order chi connectivity index (χ0) is 26.7. The number of aromatic nitrogens is 2. The van der Waals surface area contributed by atoms with Gasteiger partial charge in [0, 0.05) is 12.6 Å². The van der Waals surface area contributed by atoms with Crippen LogP contribution in [0, 0.1) is 29.1 Å². The number of Topliss-reactive ketones (excluding diaryl/α,β-unsaturated/α-hetero) is 1. The van der Waals surface area contributed by atoms with E-state index in [0.717, 1.165) is 11.3 Å². The SMILES string of the molecule is CC(C)C[C@@H](C(=O)NN)[C@H](C(=O)NO)C(/C=C/c1ccccc1)(CC(C)C)C(=O)CCc1c[nH]cn1.Cl. The van der Waals surface area contributed by atoms with E-state index in [1.54, 1.807) is 30.2 Å². The fraction of sp³-hybridized carbons (Fsp3) is 0.481. The highest BCUT2D eigenvalue weighted by Gasteiger charge is 2.52. The van der Waals surface area contributed by atoms with Crippen LogP contribution in [0.15, 0.2) is 48.9 Å². The van der Waals surface area contributed by atoms with Crippen molar-refractivity contribution in [3.05, 3.63) is 60.2 Å². The van der Waals surface area contributed by atoms with Gasteiger partial charge in [0.1, 0.15) is 5.78 Å². The van der Waals surface area contributed by atoms with Crippen LogP contribution in [0.5, 0.6) is 0 Å². The van der Waals surface area contributed by atoms with Crippen LogP contribution in [0.25, 0.3) is 6.08 Å². The summed E-state index contributed by atoms with van der Waals surface area (Å²) in [6, 6.07) is 9.43. The van der Waals surface area contributed by atoms with Crippen molar-refractivity contribution in [1.82, 2.24) is 20.9 Å². The molecule has 204 valence electrons. The molecule has 9 nitrogen and oxygen atoms in total. The maximum atomic E-state index is 14.2. The van der Waals surface area contributed by atoms with E-state index in [1.165, 1.54) is 0 Å². The maximum absolute atomic E-state index is 14.2. The number of ketones is 1. The second-order valence-corrected chi connectivity index (χ2v) is 10.1. The molecule has 10 heteroatoms. The number of hydrazine groups is 1. The van der Waals surface area contributed by atoms with Crippen LogP contribution in [0.2, 0.25) is 0 Å². The molecule has 0 spiro atoms. The van der Waals surface area contributed by atoms with E-state index in [-0.39, 0.29) is 36.4 Å². The first kappa shape index (κ1) is 32.0. The van der Waals surface area contributed by atoms with Crippen molar-refractivity contribution < 1.29 is 19.6 Å². The van der Waals surface area contributed by atoms with Crippen molar-refractivity contribution in [3.63, 3.8) is 0 Å². The molecule has 6 N–H and O–H groups in total. The number of rotatable bonds is 14. The summed E-state index contributed by atoms with van der Waals surface area (Å²) in [5.41, 5.74) is 4.08. The highest BCUT2D eigenvalue weighted by molar-refractivity contribution is 5.97. The summed E-state index contributed by atoms with van der Waals surface area (Å²) in [6.45, 7) is 7.77. The lowest BCUT2D eigenvalue weighted by Gasteiger charge is -2.41. The van der Waals surface area contributed by atoms with Gasteiger partial charge in [0.25, 0.3) is 0 Å². The van der Waals surface area contributed by atoms with Crippen molar-refractivity contribution in [3.8, 4) is 0 Å². The highest BCUT2D eigenvalue weighted by atomic mass is 35.5. The summed E-state index contributed by atoms with van der Waals surface area (Å²) in [5.74, 6) is 1.84. The van der Waals surface area contributed by atoms with Gasteiger partial charge in [-0.2, -0.15) is 0 Å². The zero-order valence-corrected chi connectivity index (χ0v) is 22.8. The minimum absolute atomic E-state index is 0. The summed E-state index contributed by atoms with van der Waals surface area (Å²) in [7, 11) is 0. The van der Waals surface area contributed by atoms with E-state index < -0.39 is 29.1 Å². The Kier molecular flexibility index (Phi) is 13.2. The van der Waals surface area contributed by atoms with Gasteiger partial charge in [-0.1, -0.05) is 70.2 Å². The molecule has 1 unspecified atom stereocenters. The molecule has 1 aromatic carbocycles. The van der Waals surface area contributed by atoms with Crippen LogP contribution in [0.3, 0.4) is 0 Å². The number of nitrogens with one attached hydrogen (secondary N) is 3. The van der Waals surface area contributed by atoms with E-state index >= 15 is 0 Å². The zero-order valence-electron chi connectivity index (χ0n) is 21.9. The summed E-state index contributed by atoms with van der Waals surface area (Å²) in [6.07, 6.45) is 7.87. The number of halogens is 1. The number of nitrogens with zero attached hydrogens (tertiary/aromatic N) is 1. The molecule has 1 aromatic heterocycles. The third-order valence-corrected chi connectivity index (χ3v) is 6.36. The van der Waals surface area contributed by atoms with Gasteiger partial charge in [-0.3, -0.25) is 25.0 Å². The first-order chi connectivity index (χ1) is 17.1. The molecule has 2 rings (SSSR count). The van der Waals surface area contributed by atoms with Crippen LogP contribution in [-0.2, 0) is 20.8 Å². The Morgan fingerprint density at radius 1 is 1.11 bits per heavy atom. The number of benzene rings is 1. The smallest absolute Gasteiger partial charge is 0.248 e. The molecule has 2 amide bonds. The summed E-state index contributed by atoms with van der Waals surface area (Å²) >= 11 is 0. The fourth-order valence-corrected chi connectivity index (χ4v) is 4.92. The third-order valence-electron chi connectivity index (χ3n) is 6.36. The quantitative estimate of drug-likeness (QED) is 0.108. The minimum atomic E-state index is -1.39. The molecule has 0 radical (unpaired) electrons. The number of H-pyrrole nitrogens is 1. The number of allylic oxidation sites excluding steroid dienone is 1. The number of amides is 2. The van der Waals surface area contributed by atoms with Gasteiger partial charge >= 0.3 is 0 Å². The molecule has 3 atom stereocenters. The van der Waals surface area contributed by atoms with E-state index in [1.807, 2.05) is 58.0 Å². The lowest BCUT2D eigenvalue weighted by atomic mass is 9.60. The van der Waals surface area contributed by atoms with Crippen molar-refractivity contribution in [2.75, 3.05) is 0 Å². The number of hydroxylamine groups is 1. The van der Waals surface area contributed by atoms with Crippen molar-refractivity contribution in [2.45, 2.75) is 53.4 Å². The normalized spacial score (nSPS) is 14.6. The molecule has 2 aromatic rings. The Balaban J connectivity index is 0.00000684. The van der Waals surface area contributed by atoms with Crippen LogP contribution >= 0.6 is 12.4 Å². The summed E-state index contributed by atoms with van der Waals surface area (Å²) in [4.78, 5) is 47.6. The predicted octanol–water partition coefficient (Wildman–Crippen LogP) is 3.85. The van der Waals surface area contributed by atoms with Gasteiger partial charge in [0.2, 0.25) is 11.8 Å². The van der Waals surface area contributed by atoms with Crippen molar-refractivity contribution >= 4 is 36.1 Å². The number of imidazole rings is 1. The molecule has 0 aliphatic carbocycles. The number of hydrogen-bond donors (Lipinski definition) is 5. The lowest BCUT2D eigenvalue weighted by molar-refractivity contribution is -0.151. The first-order valence-electron chi connectivity index (χ1n) is 12.3. The Hall–Kier alpha value is -3.01. The second-order valence-electron chi connectivity index (χ2n) is 10.1. The summed E-state index contributed by atoms with van der Waals surface area (Å²) in [5, 5.41) is 9.78. The predicted molar refractivity (Wildman–Crippen MR) is 145 cm³/mol. The average Bonchev–Trinajstić information content (AvgIpc) is 3.38. The highest BCUT2D eigenvalue weighted by Crippen LogP contribution is 2.45. The Morgan fingerprint density at radius 2 is 1.78 bits per heavy atom. The van der Waals surface area contributed by atoms with Gasteiger partial charge in [-0.05, 0) is 36.7 Å². The van der Waals surface area contributed by atoms with Gasteiger partial charge in [0.15, 0.2) is 0 Å². The standard InChI is InChI=1S/C27H39N5O4.ClH/c1-18(2)14-22(25(34)31-28)24(26(35)32-36)27(15-19(3)4,13-12-20-8-6-5-7-9-20)23(33)11-10-21-16-29-17-30-21;/h5-9,12-13,16-19,22,24,36H,10-11,14-15,28H2,1-4H3,(H,29,30)(H,31,34)(H,32,35);1H/b13-12+;/t22-,24-,27?;/m1./s1. The molecular weight excluding hydrogens is 494 g/mol. The molecule has 37 heavy (non-hydrogen) atoms. The molecule has 1 heterocycles. The molecule has 0 fully saturated rings. The molecule has 0 aliphatic heterocycles. The fourth-order valence-electron chi connectivity index (χ4n) is 4.92. The molecule has 0 saturated heterocycles. The largest absolute Gasteiger partial charge is 0.351 e. The topological polar surface area (TPSA) is 150 Å². The maximum Gasteiger partial charge on any atom is 0.248 e. The van der Waals surface area contributed by atoms with E-state index in [0.29, 0.717) is 19.3 Å². The Morgan fingerprint density at radius 3 is 2.30 bits per heavy atom.